The summed E-state index contributed by atoms with van der Waals surface area (Å²) in [5.74, 6) is -2.57. The molecule has 4 N–H and O–H groups in total. The van der Waals surface area contributed by atoms with Crippen LogP contribution in [0, 0.1) is 11.6 Å². The predicted octanol–water partition coefficient (Wildman–Crippen LogP) is 2.60. The molecule has 0 spiro atoms. The molecule has 0 radical (unpaired) electrons. The topological polar surface area (TPSA) is 127 Å². The van der Waals surface area contributed by atoms with E-state index in [-0.39, 0.29) is 43.9 Å². The predicted molar refractivity (Wildman–Crippen MR) is 130 cm³/mol. The molecule has 0 aliphatic rings. The molecule has 0 bridgehead atoms. The van der Waals surface area contributed by atoms with Gasteiger partial charge in [0, 0.05) is 31.6 Å². The van der Waals surface area contributed by atoms with Crippen LogP contribution in [0.2, 0.25) is 0 Å². The summed E-state index contributed by atoms with van der Waals surface area (Å²) in [6.07, 6.45) is 0.676. The van der Waals surface area contributed by atoms with Crippen molar-refractivity contribution in [1.29, 1.82) is 0 Å². The van der Waals surface area contributed by atoms with Crippen molar-refractivity contribution in [2.45, 2.75) is 18.9 Å². The number of carbonyl (C=O) groups excluding carboxylic acids is 3. The molecule has 1 heterocycles. The number of benzene rings is 2. The number of nitrogens with zero attached hydrogens (tertiary/aromatic N) is 2. The first-order chi connectivity index (χ1) is 17.3. The van der Waals surface area contributed by atoms with E-state index in [9.17, 15) is 23.2 Å². The third-order valence-corrected chi connectivity index (χ3v) is 5.57. The van der Waals surface area contributed by atoms with Crippen LogP contribution in [0.1, 0.15) is 12.0 Å². The van der Waals surface area contributed by atoms with E-state index in [0.717, 1.165) is 16.8 Å². The van der Waals surface area contributed by atoms with Crippen LogP contribution in [-0.4, -0.2) is 60.6 Å². The van der Waals surface area contributed by atoms with Gasteiger partial charge in [0.05, 0.1) is 12.6 Å². The molecule has 190 valence electrons. The van der Waals surface area contributed by atoms with Crippen LogP contribution >= 0.6 is 0 Å². The van der Waals surface area contributed by atoms with Gasteiger partial charge in [-0.2, -0.15) is 0 Å². The zero-order chi connectivity index (χ0) is 26.1. The molecule has 1 aromatic heterocycles. The number of hydrogen-bond acceptors (Lipinski definition) is 6. The number of pyridine rings is 1. The first kappa shape index (κ1) is 26.5. The van der Waals surface area contributed by atoms with Crippen LogP contribution in [0.15, 0.2) is 54.7 Å². The number of aromatic nitrogens is 1. The summed E-state index contributed by atoms with van der Waals surface area (Å²) in [6.45, 7) is -0.535. The second-order valence-electron chi connectivity index (χ2n) is 8.02. The van der Waals surface area contributed by atoms with Gasteiger partial charge in [0.2, 0.25) is 11.8 Å². The van der Waals surface area contributed by atoms with Crippen molar-refractivity contribution in [2.75, 3.05) is 32.1 Å². The lowest BCUT2D eigenvalue weighted by Gasteiger charge is -2.28. The lowest BCUT2D eigenvalue weighted by molar-refractivity contribution is -0.133. The Morgan fingerprint density at radius 3 is 2.61 bits per heavy atom. The average Bonchev–Trinajstić information content (AvgIpc) is 2.88. The number of aryl methyl sites for hydroxylation is 1. The Morgan fingerprint density at radius 1 is 1.11 bits per heavy atom. The van der Waals surface area contributed by atoms with E-state index in [1.165, 1.54) is 24.1 Å². The van der Waals surface area contributed by atoms with Crippen LogP contribution in [0.4, 0.5) is 19.4 Å². The Morgan fingerprint density at radius 2 is 1.86 bits per heavy atom. The molecule has 11 heteroatoms. The number of amides is 3. The number of hydrogen-bond donors (Lipinski definition) is 3. The molecule has 0 saturated carbocycles. The number of rotatable bonds is 10. The summed E-state index contributed by atoms with van der Waals surface area (Å²) >= 11 is 0. The van der Waals surface area contributed by atoms with Crippen molar-refractivity contribution in [1.82, 2.24) is 15.2 Å². The average molecular weight is 500 g/mol. The number of nitrogens with two attached hydrogens (primary N) is 1. The van der Waals surface area contributed by atoms with Crippen molar-refractivity contribution >= 4 is 34.5 Å². The molecule has 3 aromatic rings. The van der Waals surface area contributed by atoms with Gasteiger partial charge in [-0.3, -0.25) is 14.9 Å². The monoisotopic (exact) mass is 499 g/mol. The zero-order valence-corrected chi connectivity index (χ0v) is 19.7. The van der Waals surface area contributed by atoms with Gasteiger partial charge in [-0.15, -0.1) is 0 Å². The Kier molecular flexibility index (Phi) is 9.23. The molecular weight excluding hydrogens is 472 g/mol. The smallest absolute Gasteiger partial charge is 0.412 e. The van der Waals surface area contributed by atoms with Gasteiger partial charge in [0.1, 0.15) is 12.4 Å². The Hall–Kier alpha value is -4.12. The molecular formula is C25H27F2N5O4. The van der Waals surface area contributed by atoms with Crippen molar-refractivity contribution in [3.8, 4) is 0 Å². The summed E-state index contributed by atoms with van der Waals surface area (Å²) in [6, 6.07) is 12.2. The quantitative estimate of drug-likeness (QED) is 0.394. The molecule has 0 unspecified atom stereocenters. The van der Waals surface area contributed by atoms with Crippen LogP contribution in [0.3, 0.4) is 0 Å². The largest absolute Gasteiger partial charge is 0.447 e. The van der Waals surface area contributed by atoms with Crippen molar-refractivity contribution in [3.05, 3.63) is 71.9 Å². The van der Waals surface area contributed by atoms with Crippen LogP contribution in [0.5, 0.6) is 0 Å². The maximum atomic E-state index is 13.9. The van der Waals surface area contributed by atoms with Crippen LogP contribution < -0.4 is 16.4 Å². The summed E-state index contributed by atoms with van der Waals surface area (Å²) in [4.78, 5) is 42.2. The van der Waals surface area contributed by atoms with E-state index >= 15 is 0 Å². The molecule has 2 aromatic carbocycles. The minimum absolute atomic E-state index is 0.0242. The van der Waals surface area contributed by atoms with Crippen molar-refractivity contribution in [3.63, 3.8) is 0 Å². The molecule has 1 atom stereocenters. The Balaban J connectivity index is 1.60. The number of likely N-dealkylation sites (N-methyl/N-ethyl adjacent to an activating group) is 1. The number of carbonyl (C=O) groups is 3. The van der Waals surface area contributed by atoms with Crippen LogP contribution in [-0.2, 0) is 20.7 Å². The molecule has 0 saturated heterocycles. The maximum absolute atomic E-state index is 13.9. The van der Waals surface area contributed by atoms with Gasteiger partial charge in [-0.1, -0.05) is 36.4 Å². The van der Waals surface area contributed by atoms with E-state index in [4.69, 9.17) is 10.5 Å². The van der Waals surface area contributed by atoms with Gasteiger partial charge < -0.3 is 20.7 Å². The van der Waals surface area contributed by atoms with Gasteiger partial charge in [0.15, 0.2) is 11.6 Å². The first-order valence-electron chi connectivity index (χ1n) is 11.2. The standard InChI is InChI=1S/C25H27F2N5O4/c1-32(23(34)10-9-16-7-4-8-20(26)24(16)27)19(14-30-22(33)12-28)15-36-25(35)31-21-11-17-5-2-3-6-18(17)13-29-21/h2-8,11,13,19H,9-10,12,14-15,28H2,1H3,(H,30,33)(H,29,31,35)/t19-/m0/s1. The first-order valence-corrected chi connectivity index (χ1v) is 11.2. The molecule has 0 fully saturated rings. The highest BCUT2D eigenvalue weighted by atomic mass is 19.2. The second kappa shape index (κ2) is 12.5. The summed E-state index contributed by atoms with van der Waals surface area (Å²) in [5.41, 5.74) is 5.39. The highest BCUT2D eigenvalue weighted by Gasteiger charge is 2.23. The fourth-order valence-corrected chi connectivity index (χ4v) is 3.44. The van der Waals surface area contributed by atoms with Gasteiger partial charge in [0.25, 0.3) is 0 Å². The normalized spacial score (nSPS) is 11.6. The fraction of sp³-hybridized carbons (Fsp3) is 0.280. The number of fused-ring (bicyclic) bond motifs is 1. The minimum atomic E-state index is -0.998. The van der Waals surface area contributed by atoms with Gasteiger partial charge in [-0.05, 0) is 29.5 Å². The van der Waals surface area contributed by atoms with E-state index in [0.29, 0.717) is 0 Å². The summed E-state index contributed by atoms with van der Waals surface area (Å²) < 4.78 is 32.6. The number of halogens is 2. The highest BCUT2D eigenvalue weighted by Crippen LogP contribution is 2.17. The van der Waals surface area contributed by atoms with E-state index in [1.807, 2.05) is 24.3 Å². The minimum Gasteiger partial charge on any atom is -0.447 e. The fourth-order valence-electron chi connectivity index (χ4n) is 3.44. The number of nitrogens with one attached hydrogen (secondary N) is 2. The van der Waals surface area contributed by atoms with E-state index in [2.05, 4.69) is 15.6 Å². The van der Waals surface area contributed by atoms with Crippen molar-refractivity contribution in [2.24, 2.45) is 5.73 Å². The number of ether oxygens (including phenoxy) is 1. The van der Waals surface area contributed by atoms with E-state index < -0.39 is 35.6 Å². The third-order valence-electron chi connectivity index (χ3n) is 5.57. The Labute approximate surface area is 206 Å². The maximum Gasteiger partial charge on any atom is 0.412 e. The SMILES string of the molecule is CN(C(=O)CCc1cccc(F)c1F)[C@@H](CNC(=O)CN)COC(=O)Nc1cc2ccccc2cn1. The summed E-state index contributed by atoms with van der Waals surface area (Å²) in [5, 5.41) is 6.88. The number of anilines is 1. The van der Waals surface area contributed by atoms with Crippen LogP contribution in [0.25, 0.3) is 10.8 Å². The second-order valence-corrected chi connectivity index (χ2v) is 8.02. The third kappa shape index (κ3) is 7.19. The Bertz CT molecular complexity index is 1240. The lowest BCUT2D eigenvalue weighted by Crippen LogP contribution is -2.48. The molecule has 9 nitrogen and oxygen atoms in total. The molecule has 0 aliphatic carbocycles. The lowest BCUT2D eigenvalue weighted by atomic mass is 10.1. The molecule has 3 rings (SSSR count). The van der Waals surface area contributed by atoms with Crippen molar-refractivity contribution < 1.29 is 27.9 Å². The van der Waals surface area contributed by atoms with Gasteiger partial charge in [-0.25, -0.2) is 18.6 Å². The summed E-state index contributed by atoms with van der Waals surface area (Å²) in [7, 11) is 1.47. The van der Waals surface area contributed by atoms with Gasteiger partial charge >= 0.3 is 6.09 Å². The zero-order valence-electron chi connectivity index (χ0n) is 19.7. The van der Waals surface area contributed by atoms with E-state index in [1.54, 1.807) is 12.3 Å². The highest BCUT2D eigenvalue weighted by molar-refractivity contribution is 5.89. The molecule has 3 amide bonds. The molecule has 0 aliphatic heterocycles. The molecule has 36 heavy (non-hydrogen) atoms.